The fourth-order valence-corrected chi connectivity index (χ4v) is 2.55. The van der Waals surface area contributed by atoms with Gasteiger partial charge in [0.1, 0.15) is 5.82 Å². The molecule has 2 heterocycles. The number of nitrogens with zero attached hydrogens (tertiary/aromatic N) is 4. The average molecular weight is 255 g/mol. The van der Waals surface area contributed by atoms with Crippen LogP contribution >= 0.6 is 11.8 Å². The molecule has 0 aromatic carbocycles. The lowest BCUT2D eigenvalue weighted by Gasteiger charge is -2.30. The molecule has 0 unspecified atom stereocenters. The molecule has 1 aromatic heterocycles. The predicted molar refractivity (Wildman–Crippen MR) is 65.7 cm³/mol. The summed E-state index contributed by atoms with van der Waals surface area (Å²) in [4.78, 5) is 13.6. The van der Waals surface area contributed by atoms with Crippen LogP contribution < -0.4 is 5.73 Å². The van der Waals surface area contributed by atoms with E-state index < -0.39 is 0 Å². The lowest BCUT2D eigenvalue weighted by Crippen LogP contribution is -2.43. The molecule has 0 bridgehead atoms. The van der Waals surface area contributed by atoms with E-state index in [1.165, 1.54) is 11.8 Å². The largest absolute Gasteiger partial charge is 0.342 e. The topological polar surface area (TPSA) is 77.0 Å². The maximum Gasteiger partial charge on any atom is 0.233 e. The molecule has 2 N–H and O–H groups in total. The lowest BCUT2D eigenvalue weighted by atomic mass is 10.2. The molecular weight excluding hydrogens is 238 g/mol. The van der Waals surface area contributed by atoms with E-state index >= 15 is 0 Å². The summed E-state index contributed by atoms with van der Waals surface area (Å²) in [6.45, 7) is 4.93. The summed E-state index contributed by atoms with van der Waals surface area (Å²) in [6, 6.07) is 0. The summed E-state index contributed by atoms with van der Waals surface area (Å²) in [5, 5.41) is 8.84. The average Bonchev–Trinajstić information content (AvgIpc) is 2.56. The smallest absolute Gasteiger partial charge is 0.233 e. The second kappa shape index (κ2) is 5.50. The van der Waals surface area contributed by atoms with Gasteiger partial charge < -0.3 is 15.2 Å². The SMILES string of the molecule is Cc1nnc(SCC(=O)N2CCC2)n1CCN. The van der Waals surface area contributed by atoms with Crippen molar-refractivity contribution in [3.8, 4) is 0 Å². The molecule has 2 rings (SSSR count). The molecule has 17 heavy (non-hydrogen) atoms. The van der Waals surface area contributed by atoms with Crippen molar-refractivity contribution in [1.82, 2.24) is 19.7 Å². The summed E-state index contributed by atoms with van der Waals surface area (Å²) in [6.07, 6.45) is 1.12. The highest BCUT2D eigenvalue weighted by molar-refractivity contribution is 7.99. The van der Waals surface area contributed by atoms with Crippen LogP contribution in [0.15, 0.2) is 5.16 Å². The molecule has 1 amide bonds. The summed E-state index contributed by atoms with van der Waals surface area (Å²) < 4.78 is 1.95. The number of nitrogens with two attached hydrogens (primary N) is 1. The van der Waals surface area contributed by atoms with Gasteiger partial charge in [-0.2, -0.15) is 0 Å². The van der Waals surface area contributed by atoms with Gasteiger partial charge in [-0.05, 0) is 13.3 Å². The van der Waals surface area contributed by atoms with E-state index in [4.69, 9.17) is 5.73 Å². The quantitative estimate of drug-likeness (QED) is 0.742. The van der Waals surface area contributed by atoms with E-state index in [1.807, 2.05) is 16.4 Å². The van der Waals surface area contributed by atoms with Crippen molar-refractivity contribution >= 4 is 17.7 Å². The maximum atomic E-state index is 11.7. The number of carbonyl (C=O) groups is 1. The number of carbonyl (C=O) groups excluding carboxylic acids is 1. The maximum absolute atomic E-state index is 11.7. The minimum atomic E-state index is 0.182. The molecule has 1 aliphatic rings. The van der Waals surface area contributed by atoms with Gasteiger partial charge >= 0.3 is 0 Å². The van der Waals surface area contributed by atoms with Gasteiger partial charge in [0.25, 0.3) is 0 Å². The molecule has 0 spiro atoms. The highest BCUT2D eigenvalue weighted by Gasteiger charge is 2.21. The minimum Gasteiger partial charge on any atom is -0.342 e. The molecule has 1 saturated heterocycles. The summed E-state index contributed by atoms with van der Waals surface area (Å²) in [5.74, 6) is 1.46. The fourth-order valence-electron chi connectivity index (χ4n) is 1.64. The zero-order valence-corrected chi connectivity index (χ0v) is 10.7. The van der Waals surface area contributed by atoms with Gasteiger partial charge in [0.2, 0.25) is 5.91 Å². The van der Waals surface area contributed by atoms with Crippen LogP contribution in [0.5, 0.6) is 0 Å². The zero-order chi connectivity index (χ0) is 12.3. The van der Waals surface area contributed by atoms with Gasteiger partial charge in [0, 0.05) is 26.2 Å². The Hall–Kier alpha value is -1.08. The van der Waals surface area contributed by atoms with Crippen LogP contribution in [0.25, 0.3) is 0 Å². The number of aryl methyl sites for hydroxylation is 1. The number of likely N-dealkylation sites (tertiary alicyclic amines) is 1. The van der Waals surface area contributed by atoms with Crippen molar-refractivity contribution < 1.29 is 4.79 Å². The van der Waals surface area contributed by atoms with Crippen LogP contribution in [0.2, 0.25) is 0 Å². The molecule has 1 aromatic rings. The third-order valence-corrected chi connectivity index (χ3v) is 3.74. The lowest BCUT2D eigenvalue weighted by molar-refractivity contribution is -0.131. The van der Waals surface area contributed by atoms with Gasteiger partial charge in [0.15, 0.2) is 5.16 Å². The van der Waals surface area contributed by atoms with E-state index in [0.29, 0.717) is 18.8 Å². The molecular formula is C10H17N5OS. The Bertz CT molecular complexity index is 401. The Morgan fingerprint density at radius 3 is 2.82 bits per heavy atom. The normalized spacial score (nSPS) is 14.8. The Balaban J connectivity index is 1.91. The molecule has 0 saturated carbocycles. The molecule has 0 atom stereocenters. The Morgan fingerprint density at radius 1 is 1.47 bits per heavy atom. The highest BCUT2D eigenvalue weighted by atomic mass is 32.2. The first-order valence-corrected chi connectivity index (χ1v) is 6.71. The Kier molecular flexibility index (Phi) is 4.01. The van der Waals surface area contributed by atoms with E-state index in [2.05, 4.69) is 10.2 Å². The second-order valence-electron chi connectivity index (χ2n) is 3.99. The van der Waals surface area contributed by atoms with Gasteiger partial charge in [-0.25, -0.2) is 0 Å². The molecule has 0 aliphatic carbocycles. The number of rotatable bonds is 5. The Labute approximate surface area is 105 Å². The van der Waals surface area contributed by atoms with Gasteiger partial charge in [-0.3, -0.25) is 4.79 Å². The van der Waals surface area contributed by atoms with Crippen LogP contribution in [-0.4, -0.2) is 51.0 Å². The zero-order valence-electron chi connectivity index (χ0n) is 9.93. The summed E-state index contributed by atoms with van der Waals surface area (Å²) >= 11 is 1.44. The van der Waals surface area contributed by atoms with E-state index in [9.17, 15) is 4.79 Å². The standard InChI is InChI=1S/C10H17N5OS/c1-8-12-13-10(15(8)6-3-11)17-7-9(16)14-4-2-5-14/h2-7,11H2,1H3. The van der Waals surface area contributed by atoms with Crippen molar-refractivity contribution in [1.29, 1.82) is 0 Å². The van der Waals surface area contributed by atoms with Gasteiger partial charge in [-0.1, -0.05) is 11.8 Å². The number of aromatic nitrogens is 3. The van der Waals surface area contributed by atoms with Crippen molar-refractivity contribution in [3.05, 3.63) is 5.82 Å². The molecule has 1 aliphatic heterocycles. The van der Waals surface area contributed by atoms with Crippen LogP contribution in [0.3, 0.4) is 0 Å². The van der Waals surface area contributed by atoms with Gasteiger partial charge in [-0.15, -0.1) is 10.2 Å². The number of thioether (sulfide) groups is 1. The second-order valence-corrected chi connectivity index (χ2v) is 4.94. The highest BCUT2D eigenvalue weighted by Crippen LogP contribution is 2.18. The molecule has 7 heteroatoms. The van der Waals surface area contributed by atoms with Crippen molar-refractivity contribution in [2.75, 3.05) is 25.4 Å². The first-order valence-electron chi connectivity index (χ1n) is 5.73. The molecule has 94 valence electrons. The van der Waals surface area contributed by atoms with E-state index in [-0.39, 0.29) is 5.91 Å². The van der Waals surface area contributed by atoms with Crippen LogP contribution in [0, 0.1) is 6.92 Å². The molecule has 0 radical (unpaired) electrons. The van der Waals surface area contributed by atoms with Crippen LogP contribution in [-0.2, 0) is 11.3 Å². The van der Waals surface area contributed by atoms with Crippen molar-refractivity contribution in [3.63, 3.8) is 0 Å². The first kappa shape index (κ1) is 12.4. The minimum absolute atomic E-state index is 0.182. The van der Waals surface area contributed by atoms with E-state index in [1.54, 1.807) is 0 Å². The number of amides is 1. The molecule has 1 fully saturated rings. The fraction of sp³-hybridized carbons (Fsp3) is 0.700. The summed E-state index contributed by atoms with van der Waals surface area (Å²) in [7, 11) is 0. The summed E-state index contributed by atoms with van der Waals surface area (Å²) in [5.41, 5.74) is 5.53. The Morgan fingerprint density at radius 2 is 2.24 bits per heavy atom. The molecule has 6 nitrogen and oxygen atoms in total. The van der Waals surface area contributed by atoms with Crippen molar-refractivity contribution in [2.24, 2.45) is 5.73 Å². The number of hydrogen-bond donors (Lipinski definition) is 1. The van der Waals surface area contributed by atoms with Crippen LogP contribution in [0.1, 0.15) is 12.2 Å². The van der Waals surface area contributed by atoms with Gasteiger partial charge in [0.05, 0.1) is 5.75 Å². The first-order chi connectivity index (χ1) is 8.22. The van der Waals surface area contributed by atoms with Crippen LogP contribution in [0.4, 0.5) is 0 Å². The third kappa shape index (κ3) is 2.78. The van der Waals surface area contributed by atoms with E-state index in [0.717, 1.165) is 30.5 Å². The monoisotopic (exact) mass is 255 g/mol. The predicted octanol–water partition coefficient (Wildman–Crippen LogP) is -0.130. The third-order valence-electron chi connectivity index (χ3n) is 2.79. The number of hydrogen-bond acceptors (Lipinski definition) is 5. The van der Waals surface area contributed by atoms with Crippen molar-refractivity contribution in [2.45, 2.75) is 25.0 Å².